The van der Waals surface area contributed by atoms with E-state index < -0.39 is 0 Å². The van der Waals surface area contributed by atoms with Gasteiger partial charge in [-0.2, -0.15) is 0 Å². The molecule has 0 radical (unpaired) electrons. The number of esters is 1. The Labute approximate surface area is 138 Å². The minimum absolute atomic E-state index is 0.0432. The highest BCUT2D eigenvalue weighted by Gasteiger charge is 2.31. The van der Waals surface area contributed by atoms with Gasteiger partial charge in [0.1, 0.15) is 0 Å². The van der Waals surface area contributed by atoms with E-state index in [0.717, 1.165) is 30.6 Å². The predicted molar refractivity (Wildman–Crippen MR) is 90.2 cm³/mol. The Morgan fingerprint density at radius 3 is 2.70 bits per heavy atom. The highest BCUT2D eigenvalue weighted by molar-refractivity contribution is 5.94. The number of anilines is 1. The van der Waals surface area contributed by atoms with Crippen molar-refractivity contribution in [2.24, 2.45) is 5.92 Å². The van der Waals surface area contributed by atoms with Crippen molar-refractivity contribution >= 4 is 17.6 Å². The molecule has 1 N–H and O–H groups in total. The Hall–Kier alpha value is -1.88. The number of amides is 1. The van der Waals surface area contributed by atoms with Gasteiger partial charge in [0.15, 0.2) is 0 Å². The summed E-state index contributed by atoms with van der Waals surface area (Å²) in [6.45, 7) is 7.53. The topological polar surface area (TPSA) is 58.6 Å². The first-order valence-corrected chi connectivity index (χ1v) is 8.29. The second-order valence-electron chi connectivity index (χ2n) is 6.12. The van der Waals surface area contributed by atoms with Crippen molar-refractivity contribution in [2.45, 2.75) is 39.7 Å². The van der Waals surface area contributed by atoms with Crippen molar-refractivity contribution < 1.29 is 14.3 Å². The van der Waals surface area contributed by atoms with Crippen molar-refractivity contribution in [3.63, 3.8) is 0 Å². The van der Waals surface area contributed by atoms with Gasteiger partial charge < -0.3 is 10.1 Å². The Kier molecular flexibility index (Phi) is 6.16. The van der Waals surface area contributed by atoms with Crippen molar-refractivity contribution in [3.8, 4) is 0 Å². The van der Waals surface area contributed by atoms with Gasteiger partial charge in [0, 0.05) is 12.2 Å². The summed E-state index contributed by atoms with van der Waals surface area (Å²) in [5.74, 6) is -0.319. The van der Waals surface area contributed by atoms with Crippen LogP contribution in [0.1, 0.15) is 32.3 Å². The number of nitrogens with one attached hydrogen (secondary N) is 1. The van der Waals surface area contributed by atoms with Gasteiger partial charge in [-0.1, -0.05) is 17.7 Å². The molecule has 1 amide bonds. The van der Waals surface area contributed by atoms with E-state index in [2.05, 4.69) is 10.2 Å². The second kappa shape index (κ2) is 8.11. The maximum Gasteiger partial charge on any atom is 0.310 e. The van der Waals surface area contributed by atoms with Crippen LogP contribution in [0, 0.1) is 12.8 Å². The number of aryl methyl sites for hydroxylation is 1. The fraction of sp³-hybridized carbons (Fsp3) is 0.556. The third-order valence-electron chi connectivity index (χ3n) is 4.32. The molecule has 1 aliphatic rings. The smallest absolute Gasteiger partial charge is 0.310 e. The van der Waals surface area contributed by atoms with Crippen LogP contribution >= 0.6 is 0 Å². The minimum Gasteiger partial charge on any atom is -0.466 e. The average molecular weight is 318 g/mol. The maximum atomic E-state index is 12.4. The van der Waals surface area contributed by atoms with E-state index >= 15 is 0 Å². The maximum absolute atomic E-state index is 12.4. The lowest BCUT2D eigenvalue weighted by Crippen LogP contribution is -2.48. The molecule has 23 heavy (non-hydrogen) atoms. The molecule has 0 aliphatic carbocycles. The molecule has 0 aromatic heterocycles. The van der Waals surface area contributed by atoms with Crippen LogP contribution in [0.2, 0.25) is 0 Å². The molecule has 126 valence electrons. The molecule has 1 aromatic carbocycles. The zero-order valence-corrected chi connectivity index (χ0v) is 14.2. The Bertz CT molecular complexity index is 542. The monoisotopic (exact) mass is 318 g/mol. The Morgan fingerprint density at radius 2 is 2.04 bits per heavy atom. The summed E-state index contributed by atoms with van der Waals surface area (Å²) in [5.41, 5.74) is 1.95. The standard InChI is InChI=1S/C18H26N2O3/c1-4-23-18(22)15-6-5-11-20(12-15)14(3)17(21)19-16-9-7-13(2)8-10-16/h7-10,14-15H,4-6,11-12H2,1-3H3,(H,19,21). The Morgan fingerprint density at radius 1 is 1.35 bits per heavy atom. The molecule has 5 heteroatoms. The van der Waals surface area contributed by atoms with Gasteiger partial charge in [-0.05, 0) is 52.3 Å². The highest BCUT2D eigenvalue weighted by Crippen LogP contribution is 2.20. The summed E-state index contributed by atoms with van der Waals surface area (Å²) in [6.07, 6.45) is 1.74. The van der Waals surface area contributed by atoms with Crippen molar-refractivity contribution in [1.29, 1.82) is 0 Å². The van der Waals surface area contributed by atoms with Crippen LogP contribution in [0.25, 0.3) is 0 Å². The molecule has 2 unspecified atom stereocenters. The lowest BCUT2D eigenvalue weighted by atomic mass is 9.97. The van der Waals surface area contributed by atoms with Gasteiger partial charge in [-0.15, -0.1) is 0 Å². The number of hydrogen-bond acceptors (Lipinski definition) is 4. The largest absolute Gasteiger partial charge is 0.466 e. The number of benzene rings is 1. The molecular weight excluding hydrogens is 292 g/mol. The number of rotatable bonds is 5. The van der Waals surface area contributed by atoms with Gasteiger partial charge in [0.2, 0.25) is 5.91 Å². The summed E-state index contributed by atoms with van der Waals surface area (Å²) in [7, 11) is 0. The van der Waals surface area contributed by atoms with Gasteiger partial charge in [0.25, 0.3) is 0 Å². The summed E-state index contributed by atoms with van der Waals surface area (Å²) < 4.78 is 5.11. The zero-order valence-electron chi connectivity index (χ0n) is 14.2. The van der Waals surface area contributed by atoms with E-state index in [0.29, 0.717) is 13.2 Å². The van der Waals surface area contributed by atoms with Crippen LogP contribution in [0.3, 0.4) is 0 Å². The van der Waals surface area contributed by atoms with E-state index in [1.165, 1.54) is 0 Å². The van der Waals surface area contributed by atoms with Crippen molar-refractivity contribution in [2.75, 3.05) is 25.0 Å². The number of carbonyl (C=O) groups excluding carboxylic acids is 2. The SMILES string of the molecule is CCOC(=O)C1CCCN(C(C)C(=O)Nc2ccc(C)cc2)C1. The highest BCUT2D eigenvalue weighted by atomic mass is 16.5. The molecule has 1 aliphatic heterocycles. The molecule has 5 nitrogen and oxygen atoms in total. The number of piperidine rings is 1. The average Bonchev–Trinajstić information content (AvgIpc) is 2.56. The van der Waals surface area contributed by atoms with Gasteiger partial charge in [-0.3, -0.25) is 14.5 Å². The minimum atomic E-state index is -0.270. The molecule has 1 saturated heterocycles. The van der Waals surface area contributed by atoms with E-state index in [9.17, 15) is 9.59 Å². The first-order valence-electron chi connectivity index (χ1n) is 8.29. The van der Waals surface area contributed by atoms with Crippen LogP contribution in [0.15, 0.2) is 24.3 Å². The van der Waals surface area contributed by atoms with Crippen molar-refractivity contribution in [1.82, 2.24) is 4.90 Å². The molecule has 1 aromatic rings. The van der Waals surface area contributed by atoms with Gasteiger partial charge in [-0.25, -0.2) is 0 Å². The van der Waals surface area contributed by atoms with Crippen LogP contribution < -0.4 is 5.32 Å². The quantitative estimate of drug-likeness (QED) is 0.848. The summed E-state index contributed by atoms with van der Waals surface area (Å²) in [5, 5.41) is 2.94. The lowest BCUT2D eigenvalue weighted by Gasteiger charge is -2.35. The van der Waals surface area contributed by atoms with Crippen LogP contribution in [0.5, 0.6) is 0 Å². The van der Waals surface area contributed by atoms with Crippen LogP contribution in [0.4, 0.5) is 5.69 Å². The fourth-order valence-corrected chi connectivity index (χ4v) is 2.86. The Balaban J connectivity index is 1.93. The number of likely N-dealkylation sites (tertiary alicyclic amines) is 1. The molecular formula is C18H26N2O3. The van der Waals surface area contributed by atoms with E-state index in [1.54, 1.807) is 0 Å². The summed E-state index contributed by atoms with van der Waals surface area (Å²) in [4.78, 5) is 26.4. The van der Waals surface area contributed by atoms with E-state index in [4.69, 9.17) is 4.74 Å². The first-order chi connectivity index (χ1) is 11.0. The first kappa shape index (κ1) is 17.5. The van der Waals surface area contributed by atoms with Gasteiger partial charge in [0.05, 0.1) is 18.6 Å². The van der Waals surface area contributed by atoms with Crippen LogP contribution in [-0.4, -0.2) is 42.5 Å². The lowest BCUT2D eigenvalue weighted by molar-refractivity contribution is -0.150. The number of nitrogens with zero attached hydrogens (tertiary/aromatic N) is 1. The number of hydrogen-bond donors (Lipinski definition) is 1. The van der Waals surface area contributed by atoms with E-state index in [-0.39, 0.29) is 23.8 Å². The van der Waals surface area contributed by atoms with Crippen LogP contribution in [-0.2, 0) is 14.3 Å². The summed E-state index contributed by atoms with van der Waals surface area (Å²) in [6, 6.07) is 7.47. The van der Waals surface area contributed by atoms with Crippen molar-refractivity contribution in [3.05, 3.63) is 29.8 Å². The third kappa shape index (κ3) is 4.79. The number of carbonyl (C=O) groups is 2. The molecule has 0 saturated carbocycles. The second-order valence-corrected chi connectivity index (χ2v) is 6.12. The van der Waals surface area contributed by atoms with E-state index in [1.807, 2.05) is 45.0 Å². The molecule has 1 fully saturated rings. The number of ether oxygens (including phenoxy) is 1. The third-order valence-corrected chi connectivity index (χ3v) is 4.32. The molecule has 1 heterocycles. The van der Waals surface area contributed by atoms with Gasteiger partial charge >= 0.3 is 5.97 Å². The molecule has 2 atom stereocenters. The molecule has 0 spiro atoms. The fourth-order valence-electron chi connectivity index (χ4n) is 2.86. The normalized spacial score (nSPS) is 19.9. The molecule has 2 rings (SSSR count). The predicted octanol–water partition coefficient (Wildman–Crippen LogP) is 2.60. The zero-order chi connectivity index (χ0) is 16.8. The summed E-state index contributed by atoms with van der Waals surface area (Å²) >= 11 is 0. The molecule has 0 bridgehead atoms.